The Morgan fingerprint density at radius 1 is 0.875 bits per heavy atom. The van der Waals surface area contributed by atoms with E-state index in [1.807, 2.05) is 74.8 Å². The smallest absolute Gasteiger partial charge is 0.252 e. The first-order chi connectivity index (χ1) is 15.5. The first-order valence-corrected chi connectivity index (χ1v) is 11.0. The highest BCUT2D eigenvalue weighted by atomic mass is 35.5. The third-order valence-corrected chi connectivity index (χ3v) is 5.21. The van der Waals surface area contributed by atoms with Gasteiger partial charge in [0.1, 0.15) is 13.2 Å². The summed E-state index contributed by atoms with van der Waals surface area (Å²) in [4.78, 5) is 14.8. The van der Waals surface area contributed by atoms with Crippen LogP contribution in [0.5, 0.6) is 11.5 Å². The molecule has 0 aliphatic rings. The fraction of sp³-hybridized carbons (Fsp3) is 0.269. The molecule has 6 heteroatoms. The molecule has 32 heavy (non-hydrogen) atoms. The summed E-state index contributed by atoms with van der Waals surface area (Å²) >= 11 is 6.65. The Hall–Kier alpha value is -3.02. The van der Waals surface area contributed by atoms with Crippen molar-refractivity contribution >= 4 is 17.5 Å². The molecule has 0 fully saturated rings. The van der Waals surface area contributed by atoms with E-state index in [4.69, 9.17) is 21.1 Å². The highest BCUT2D eigenvalue weighted by Crippen LogP contribution is 2.38. The summed E-state index contributed by atoms with van der Waals surface area (Å²) in [6, 6.07) is 23.1. The van der Waals surface area contributed by atoms with Gasteiger partial charge in [-0.15, -0.1) is 0 Å². The van der Waals surface area contributed by atoms with E-state index in [0.29, 0.717) is 36.8 Å². The Balaban J connectivity index is 1.77. The van der Waals surface area contributed by atoms with Gasteiger partial charge >= 0.3 is 0 Å². The quantitative estimate of drug-likeness (QED) is 0.407. The lowest BCUT2D eigenvalue weighted by molar-refractivity contribution is 0.0952. The van der Waals surface area contributed by atoms with Crippen LogP contribution in [-0.4, -0.2) is 38.0 Å². The van der Waals surface area contributed by atoms with E-state index < -0.39 is 0 Å². The van der Waals surface area contributed by atoms with Gasteiger partial charge in [-0.2, -0.15) is 0 Å². The number of rotatable bonds is 11. The van der Waals surface area contributed by atoms with Gasteiger partial charge in [-0.25, -0.2) is 0 Å². The van der Waals surface area contributed by atoms with Gasteiger partial charge in [0.25, 0.3) is 5.91 Å². The minimum atomic E-state index is -0.229. The van der Waals surface area contributed by atoms with Crippen molar-refractivity contribution < 1.29 is 14.3 Å². The molecular formula is C26H29ClN2O3. The summed E-state index contributed by atoms with van der Waals surface area (Å²) in [7, 11) is 4.01. The number of ether oxygens (including phenoxy) is 2. The Bertz CT molecular complexity index is 995. The number of nitrogens with one attached hydrogen (secondary N) is 1. The van der Waals surface area contributed by atoms with Crippen LogP contribution in [0.2, 0.25) is 5.02 Å². The van der Waals surface area contributed by atoms with Crippen molar-refractivity contribution in [3.05, 3.63) is 94.5 Å². The number of hydrogen-bond donors (Lipinski definition) is 1. The molecule has 1 N–H and O–H groups in total. The van der Waals surface area contributed by atoms with Crippen molar-refractivity contribution in [1.29, 1.82) is 0 Å². The zero-order valence-corrected chi connectivity index (χ0v) is 19.3. The van der Waals surface area contributed by atoms with E-state index in [2.05, 4.69) is 10.2 Å². The lowest BCUT2D eigenvalue weighted by Crippen LogP contribution is -2.27. The molecule has 0 aliphatic heterocycles. The minimum absolute atomic E-state index is 0.229. The lowest BCUT2D eigenvalue weighted by Gasteiger charge is -2.17. The fourth-order valence-electron chi connectivity index (χ4n) is 3.12. The Kier molecular flexibility index (Phi) is 8.96. The largest absolute Gasteiger partial charge is 0.485 e. The maximum absolute atomic E-state index is 12.7. The van der Waals surface area contributed by atoms with Gasteiger partial charge in [0.15, 0.2) is 11.5 Å². The van der Waals surface area contributed by atoms with E-state index >= 15 is 0 Å². The highest BCUT2D eigenvalue weighted by molar-refractivity contribution is 6.35. The molecular weight excluding hydrogens is 424 g/mol. The molecule has 1 amide bonds. The number of benzene rings is 3. The Morgan fingerprint density at radius 3 is 2.06 bits per heavy atom. The molecule has 0 spiro atoms. The number of amides is 1. The van der Waals surface area contributed by atoms with Gasteiger partial charge in [0, 0.05) is 6.54 Å². The van der Waals surface area contributed by atoms with Crippen LogP contribution in [0.15, 0.2) is 72.8 Å². The van der Waals surface area contributed by atoms with Crippen molar-refractivity contribution in [1.82, 2.24) is 10.2 Å². The Morgan fingerprint density at radius 2 is 1.47 bits per heavy atom. The molecule has 5 nitrogen and oxygen atoms in total. The van der Waals surface area contributed by atoms with Crippen LogP contribution in [0, 0.1) is 0 Å². The lowest BCUT2D eigenvalue weighted by atomic mass is 10.1. The van der Waals surface area contributed by atoms with E-state index in [-0.39, 0.29) is 10.9 Å². The van der Waals surface area contributed by atoms with E-state index in [9.17, 15) is 4.79 Å². The molecule has 0 bridgehead atoms. The molecule has 3 aromatic carbocycles. The first-order valence-electron chi connectivity index (χ1n) is 10.6. The van der Waals surface area contributed by atoms with Crippen LogP contribution in [0.1, 0.15) is 27.9 Å². The average Bonchev–Trinajstić information content (AvgIpc) is 2.81. The van der Waals surface area contributed by atoms with Crippen LogP contribution in [0.25, 0.3) is 0 Å². The summed E-state index contributed by atoms with van der Waals surface area (Å²) in [5, 5.41) is 3.17. The van der Waals surface area contributed by atoms with Crippen LogP contribution >= 0.6 is 11.6 Å². The topological polar surface area (TPSA) is 50.8 Å². The molecule has 0 radical (unpaired) electrons. The summed E-state index contributed by atoms with van der Waals surface area (Å²) in [5.74, 6) is 0.638. The molecule has 0 saturated carbocycles. The van der Waals surface area contributed by atoms with Gasteiger partial charge in [-0.3, -0.25) is 4.79 Å². The van der Waals surface area contributed by atoms with Crippen LogP contribution in [-0.2, 0) is 13.2 Å². The molecule has 0 heterocycles. The van der Waals surface area contributed by atoms with Gasteiger partial charge in [-0.1, -0.05) is 72.3 Å². The summed E-state index contributed by atoms with van der Waals surface area (Å²) in [6.07, 6.45) is 0.853. The van der Waals surface area contributed by atoms with Gasteiger partial charge in [0.2, 0.25) is 0 Å². The van der Waals surface area contributed by atoms with Crippen LogP contribution in [0.4, 0.5) is 0 Å². The first kappa shape index (κ1) is 23.6. The van der Waals surface area contributed by atoms with Crippen molar-refractivity contribution in [3.8, 4) is 11.5 Å². The number of carbonyl (C=O) groups excluding carboxylic acids is 1. The number of nitrogens with zero attached hydrogens (tertiary/aromatic N) is 1. The number of carbonyl (C=O) groups is 1. The van der Waals surface area contributed by atoms with Gasteiger partial charge in [-0.05, 0) is 50.3 Å². The monoisotopic (exact) mass is 452 g/mol. The average molecular weight is 453 g/mol. The van der Waals surface area contributed by atoms with Crippen molar-refractivity contribution in [2.24, 2.45) is 0 Å². The Labute approximate surface area is 194 Å². The summed E-state index contributed by atoms with van der Waals surface area (Å²) in [6.45, 7) is 2.15. The summed E-state index contributed by atoms with van der Waals surface area (Å²) in [5.41, 5.74) is 2.39. The third kappa shape index (κ3) is 7.01. The van der Waals surface area contributed by atoms with Crippen LogP contribution < -0.4 is 14.8 Å². The van der Waals surface area contributed by atoms with Gasteiger partial charge < -0.3 is 19.7 Å². The molecule has 3 rings (SSSR count). The zero-order valence-electron chi connectivity index (χ0n) is 18.5. The SMILES string of the molecule is CN(C)CCCNC(=O)c1ccc(OCc2ccccc2)c(OCc2ccccc2)c1Cl. The zero-order chi connectivity index (χ0) is 22.8. The number of hydrogen-bond acceptors (Lipinski definition) is 4. The molecule has 3 aromatic rings. The van der Waals surface area contributed by atoms with Crippen molar-refractivity contribution in [2.45, 2.75) is 19.6 Å². The van der Waals surface area contributed by atoms with Gasteiger partial charge in [0.05, 0.1) is 10.6 Å². The minimum Gasteiger partial charge on any atom is -0.485 e. The van der Waals surface area contributed by atoms with E-state index in [1.165, 1.54) is 0 Å². The van der Waals surface area contributed by atoms with E-state index in [0.717, 1.165) is 24.1 Å². The second-order valence-electron chi connectivity index (χ2n) is 7.72. The second kappa shape index (κ2) is 12.1. The predicted octanol–water partition coefficient (Wildman–Crippen LogP) is 5.18. The molecule has 168 valence electrons. The third-order valence-electron chi connectivity index (χ3n) is 4.84. The normalized spacial score (nSPS) is 10.8. The number of halogens is 1. The fourth-order valence-corrected chi connectivity index (χ4v) is 3.42. The molecule has 0 aliphatic carbocycles. The second-order valence-corrected chi connectivity index (χ2v) is 8.09. The highest BCUT2D eigenvalue weighted by Gasteiger charge is 2.19. The summed E-state index contributed by atoms with van der Waals surface area (Å²) < 4.78 is 12.1. The van der Waals surface area contributed by atoms with E-state index in [1.54, 1.807) is 12.1 Å². The van der Waals surface area contributed by atoms with Crippen LogP contribution in [0.3, 0.4) is 0 Å². The standard InChI is InChI=1S/C26H29ClN2O3/c1-29(2)17-9-16-28-26(30)22-14-15-23(31-18-20-10-5-3-6-11-20)25(24(22)27)32-19-21-12-7-4-8-13-21/h3-8,10-15H,9,16-19H2,1-2H3,(H,28,30). The maximum Gasteiger partial charge on any atom is 0.252 e. The predicted molar refractivity (Wildman–Crippen MR) is 129 cm³/mol. The van der Waals surface area contributed by atoms with Crippen molar-refractivity contribution in [3.63, 3.8) is 0 Å². The van der Waals surface area contributed by atoms with Crippen molar-refractivity contribution in [2.75, 3.05) is 27.2 Å². The molecule has 0 atom stereocenters. The molecule has 0 aromatic heterocycles. The molecule has 0 unspecified atom stereocenters. The molecule has 0 saturated heterocycles. The maximum atomic E-state index is 12.7.